The lowest BCUT2D eigenvalue weighted by molar-refractivity contribution is 0.0952. The highest BCUT2D eigenvalue weighted by Crippen LogP contribution is 2.16. The minimum Gasteiger partial charge on any atom is -0.352 e. The van der Waals surface area contributed by atoms with Crippen molar-refractivity contribution < 1.29 is 4.79 Å². The Hall–Kier alpha value is -1.77. The lowest BCUT2D eigenvalue weighted by Crippen LogP contribution is -2.25. The molecule has 0 saturated carbocycles. The van der Waals surface area contributed by atoms with Crippen molar-refractivity contribution in [2.75, 3.05) is 6.54 Å². The van der Waals surface area contributed by atoms with E-state index in [1.807, 2.05) is 36.0 Å². The van der Waals surface area contributed by atoms with Crippen LogP contribution in [0.25, 0.3) is 10.9 Å². The van der Waals surface area contributed by atoms with Crippen LogP contribution in [0.4, 0.5) is 0 Å². The van der Waals surface area contributed by atoms with E-state index in [9.17, 15) is 4.79 Å². The number of rotatable bonds is 4. The molecule has 0 aliphatic heterocycles. The maximum absolute atomic E-state index is 12.0. The summed E-state index contributed by atoms with van der Waals surface area (Å²) in [5.41, 5.74) is 1.82. The van der Waals surface area contributed by atoms with Gasteiger partial charge in [0, 0.05) is 30.9 Å². The van der Waals surface area contributed by atoms with Gasteiger partial charge in [-0.2, -0.15) is 0 Å². The van der Waals surface area contributed by atoms with Crippen LogP contribution in [0, 0.1) is 5.92 Å². The van der Waals surface area contributed by atoms with E-state index in [4.69, 9.17) is 0 Å². The fourth-order valence-corrected chi connectivity index (χ4v) is 1.98. The molecular weight excluding hydrogens is 224 g/mol. The van der Waals surface area contributed by atoms with Gasteiger partial charge in [0.1, 0.15) is 0 Å². The molecular formula is C15H20N2O. The molecule has 1 aromatic heterocycles. The number of nitrogens with one attached hydrogen (secondary N) is 1. The molecule has 0 unspecified atom stereocenters. The van der Waals surface area contributed by atoms with Crippen LogP contribution in [0.5, 0.6) is 0 Å². The molecule has 0 spiro atoms. The van der Waals surface area contributed by atoms with Crippen molar-refractivity contribution in [3.63, 3.8) is 0 Å². The van der Waals surface area contributed by atoms with E-state index in [1.54, 1.807) is 0 Å². The van der Waals surface area contributed by atoms with Crippen molar-refractivity contribution in [2.45, 2.75) is 20.3 Å². The predicted molar refractivity (Wildman–Crippen MR) is 74.7 cm³/mol. The molecule has 0 aliphatic carbocycles. The molecule has 1 aromatic carbocycles. The normalized spacial score (nSPS) is 11.1. The first-order valence-corrected chi connectivity index (χ1v) is 6.41. The molecule has 1 amide bonds. The summed E-state index contributed by atoms with van der Waals surface area (Å²) in [4.78, 5) is 12.0. The highest BCUT2D eigenvalue weighted by molar-refractivity contribution is 5.98. The highest BCUT2D eigenvalue weighted by atomic mass is 16.1. The van der Waals surface area contributed by atoms with E-state index >= 15 is 0 Å². The standard InChI is InChI=1S/C15H20N2O/c1-11(2)6-8-16-15(18)13-5-4-12-7-9-17(3)14(12)10-13/h4-5,7,9-11H,6,8H2,1-3H3,(H,16,18). The molecule has 0 radical (unpaired) electrons. The Balaban J connectivity index is 2.10. The third-order valence-corrected chi connectivity index (χ3v) is 3.16. The zero-order chi connectivity index (χ0) is 13.1. The molecule has 0 saturated heterocycles. The topological polar surface area (TPSA) is 34.0 Å². The van der Waals surface area contributed by atoms with Crippen molar-refractivity contribution in [2.24, 2.45) is 13.0 Å². The number of carbonyl (C=O) groups is 1. The Morgan fingerprint density at radius 2 is 2.11 bits per heavy atom. The number of benzene rings is 1. The van der Waals surface area contributed by atoms with Gasteiger partial charge in [0.15, 0.2) is 0 Å². The quantitative estimate of drug-likeness (QED) is 0.881. The summed E-state index contributed by atoms with van der Waals surface area (Å²) < 4.78 is 2.03. The molecule has 0 aliphatic rings. The number of fused-ring (bicyclic) bond motifs is 1. The van der Waals surface area contributed by atoms with E-state index in [1.165, 1.54) is 0 Å². The summed E-state index contributed by atoms with van der Waals surface area (Å²) in [5, 5.41) is 4.12. The van der Waals surface area contributed by atoms with Gasteiger partial charge < -0.3 is 9.88 Å². The van der Waals surface area contributed by atoms with Gasteiger partial charge in [-0.3, -0.25) is 4.79 Å². The Morgan fingerprint density at radius 1 is 1.33 bits per heavy atom. The zero-order valence-corrected chi connectivity index (χ0v) is 11.2. The second-order valence-corrected chi connectivity index (χ2v) is 5.14. The number of carbonyl (C=O) groups excluding carboxylic acids is 1. The van der Waals surface area contributed by atoms with E-state index in [-0.39, 0.29) is 5.91 Å². The predicted octanol–water partition coefficient (Wildman–Crippen LogP) is 2.95. The largest absolute Gasteiger partial charge is 0.352 e. The number of amides is 1. The zero-order valence-electron chi connectivity index (χ0n) is 11.2. The summed E-state index contributed by atoms with van der Waals surface area (Å²) in [5.74, 6) is 0.624. The highest BCUT2D eigenvalue weighted by Gasteiger charge is 2.07. The smallest absolute Gasteiger partial charge is 0.251 e. The van der Waals surface area contributed by atoms with Crippen LogP contribution in [-0.2, 0) is 7.05 Å². The van der Waals surface area contributed by atoms with Gasteiger partial charge in [0.05, 0.1) is 0 Å². The number of aromatic nitrogens is 1. The number of hydrogen-bond donors (Lipinski definition) is 1. The van der Waals surface area contributed by atoms with Gasteiger partial charge in [0.25, 0.3) is 5.91 Å². The minimum atomic E-state index is 0.0127. The third kappa shape index (κ3) is 2.73. The molecule has 0 atom stereocenters. The lowest BCUT2D eigenvalue weighted by atomic mass is 10.1. The molecule has 0 bridgehead atoms. The molecule has 3 nitrogen and oxygen atoms in total. The molecule has 1 N–H and O–H groups in total. The Morgan fingerprint density at radius 3 is 2.83 bits per heavy atom. The van der Waals surface area contributed by atoms with Gasteiger partial charge in [-0.1, -0.05) is 19.9 Å². The van der Waals surface area contributed by atoms with Crippen LogP contribution in [-0.4, -0.2) is 17.0 Å². The SMILES string of the molecule is CC(C)CCNC(=O)c1ccc2ccn(C)c2c1. The average Bonchev–Trinajstić information content (AvgIpc) is 2.70. The summed E-state index contributed by atoms with van der Waals surface area (Å²) in [6.45, 7) is 5.05. The average molecular weight is 244 g/mol. The lowest BCUT2D eigenvalue weighted by Gasteiger charge is -2.07. The molecule has 0 fully saturated rings. The number of aryl methyl sites for hydroxylation is 1. The van der Waals surface area contributed by atoms with Gasteiger partial charge in [-0.25, -0.2) is 0 Å². The van der Waals surface area contributed by atoms with Gasteiger partial charge >= 0.3 is 0 Å². The van der Waals surface area contributed by atoms with Crippen LogP contribution in [0.3, 0.4) is 0 Å². The van der Waals surface area contributed by atoms with E-state index < -0.39 is 0 Å². The molecule has 3 heteroatoms. The fourth-order valence-electron chi connectivity index (χ4n) is 1.98. The van der Waals surface area contributed by atoms with E-state index in [0.717, 1.165) is 29.4 Å². The Labute approximate surface area is 108 Å². The number of nitrogens with zero attached hydrogens (tertiary/aromatic N) is 1. The van der Waals surface area contributed by atoms with E-state index in [2.05, 4.69) is 25.2 Å². The third-order valence-electron chi connectivity index (χ3n) is 3.16. The second-order valence-electron chi connectivity index (χ2n) is 5.14. The monoisotopic (exact) mass is 244 g/mol. The van der Waals surface area contributed by atoms with Gasteiger partial charge in [-0.15, -0.1) is 0 Å². The van der Waals surface area contributed by atoms with Crippen LogP contribution in [0.2, 0.25) is 0 Å². The first-order chi connectivity index (χ1) is 8.58. The van der Waals surface area contributed by atoms with Crippen molar-refractivity contribution >= 4 is 16.8 Å². The minimum absolute atomic E-state index is 0.0127. The summed E-state index contributed by atoms with van der Waals surface area (Å²) in [6, 6.07) is 7.87. The van der Waals surface area contributed by atoms with Crippen LogP contribution in [0.15, 0.2) is 30.5 Å². The second kappa shape index (κ2) is 5.25. The van der Waals surface area contributed by atoms with Gasteiger partial charge in [0.2, 0.25) is 0 Å². The van der Waals surface area contributed by atoms with Crippen molar-refractivity contribution in [3.8, 4) is 0 Å². The molecule has 18 heavy (non-hydrogen) atoms. The van der Waals surface area contributed by atoms with Crippen molar-refractivity contribution in [3.05, 3.63) is 36.0 Å². The maximum Gasteiger partial charge on any atom is 0.251 e. The van der Waals surface area contributed by atoms with E-state index in [0.29, 0.717) is 5.92 Å². The van der Waals surface area contributed by atoms with Crippen LogP contribution < -0.4 is 5.32 Å². The Bertz CT molecular complexity index is 555. The first kappa shape index (κ1) is 12.7. The Kier molecular flexibility index (Phi) is 3.70. The first-order valence-electron chi connectivity index (χ1n) is 6.41. The van der Waals surface area contributed by atoms with Crippen LogP contribution >= 0.6 is 0 Å². The summed E-state index contributed by atoms with van der Waals surface area (Å²) in [7, 11) is 1.99. The molecule has 96 valence electrons. The molecule has 1 heterocycles. The van der Waals surface area contributed by atoms with Crippen molar-refractivity contribution in [1.29, 1.82) is 0 Å². The maximum atomic E-state index is 12.0. The molecule has 2 rings (SSSR count). The summed E-state index contributed by atoms with van der Waals surface area (Å²) in [6.07, 6.45) is 3.02. The van der Waals surface area contributed by atoms with Crippen LogP contribution in [0.1, 0.15) is 30.6 Å². The number of hydrogen-bond acceptors (Lipinski definition) is 1. The fraction of sp³-hybridized carbons (Fsp3) is 0.400. The molecule has 2 aromatic rings. The summed E-state index contributed by atoms with van der Waals surface area (Å²) >= 11 is 0. The van der Waals surface area contributed by atoms with Crippen molar-refractivity contribution in [1.82, 2.24) is 9.88 Å². The van der Waals surface area contributed by atoms with Gasteiger partial charge in [-0.05, 0) is 35.9 Å².